The van der Waals surface area contributed by atoms with Gasteiger partial charge in [-0.25, -0.2) is 4.85 Å². The smallest absolute Gasteiger partial charge is 0.276 e. The van der Waals surface area contributed by atoms with Crippen LogP contribution in [0, 0.1) is 17.9 Å². The summed E-state index contributed by atoms with van der Waals surface area (Å²) in [6.45, 7) is 17.0. The molecule has 266 valence electrons. The van der Waals surface area contributed by atoms with Gasteiger partial charge in [0.1, 0.15) is 34.9 Å². The summed E-state index contributed by atoms with van der Waals surface area (Å²) in [7, 11) is -1.79. The van der Waals surface area contributed by atoms with Gasteiger partial charge in [-0.1, -0.05) is 6.07 Å². The van der Waals surface area contributed by atoms with Crippen LogP contribution in [0.4, 0.5) is 5.69 Å². The number of hydrogen-bond donors (Lipinski definition) is 0. The Hall–Kier alpha value is -3.48. The fraction of sp³-hybridized carbons (Fsp3) is 0.556. The summed E-state index contributed by atoms with van der Waals surface area (Å²) < 4.78 is 36.9. The van der Waals surface area contributed by atoms with Gasteiger partial charge in [-0.05, 0) is 82.1 Å². The Morgan fingerprint density at radius 3 is 1.82 bits per heavy atom. The third-order valence-corrected chi connectivity index (χ3v) is 11.0. The first-order valence-electron chi connectivity index (χ1n) is 16.9. The van der Waals surface area contributed by atoms with Gasteiger partial charge in [-0.15, -0.1) is 0 Å². The largest absolute Gasteiger partial charge is 0.485 e. The second-order valence-electron chi connectivity index (χ2n) is 13.8. The van der Waals surface area contributed by atoms with Crippen molar-refractivity contribution in [2.24, 2.45) is 0 Å². The molecular weight excluding hydrogens is 683 g/mol. The van der Waals surface area contributed by atoms with Gasteiger partial charge in [0.05, 0.1) is 56.7 Å². The average molecular weight is 725 g/mol. The summed E-state index contributed by atoms with van der Waals surface area (Å²) in [5, 5.41) is 9.54. The van der Waals surface area contributed by atoms with E-state index in [1.165, 1.54) is 0 Å². The number of nitriles is 1. The van der Waals surface area contributed by atoms with Crippen LogP contribution in [0.3, 0.4) is 0 Å². The average Bonchev–Trinajstić information content (AvgIpc) is 3.71. The van der Waals surface area contributed by atoms with E-state index in [2.05, 4.69) is 10.9 Å². The molecule has 2 amide bonds. The molecule has 12 nitrogen and oxygen atoms in total. The van der Waals surface area contributed by atoms with Crippen molar-refractivity contribution in [2.75, 3.05) is 39.5 Å². The van der Waals surface area contributed by atoms with Crippen LogP contribution in [0.25, 0.3) is 4.85 Å². The second kappa shape index (κ2) is 15.0. The maximum absolute atomic E-state index is 12.9. The van der Waals surface area contributed by atoms with E-state index in [9.17, 15) is 14.9 Å². The molecular formula is C36H42ClN4O8P. The van der Waals surface area contributed by atoms with E-state index in [1.807, 2.05) is 37.5 Å². The Balaban J connectivity index is 1.04. The molecule has 0 spiro atoms. The van der Waals surface area contributed by atoms with Gasteiger partial charge in [0, 0.05) is 37.1 Å². The fourth-order valence-electron chi connectivity index (χ4n) is 7.42. The number of halogens is 1. The first kappa shape index (κ1) is 36.3. The lowest BCUT2D eigenvalue weighted by molar-refractivity contribution is -0.149. The van der Waals surface area contributed by atoms with Crippen LogP contribution in [0.5, 0.6) is 11.5 Å². The lowest BCUT2D eigenvalue weighted by Gasteiger charge is -2.47. The van der Waals surface area contributed by atoms with Gasteiger partial charge in [0.15, 0.2) is 5.69 Å². The number of ether oxygens (including phenoxy) is 4. The first-order chi connectivity index (χ1) is 23.9. The number of carbonyl (C=O) groups is 2. The topological polar surface area (TPSA) is 124 Å². The van der Waals surface area contributed by atoms with Crippen LogP contribution in [0.2, 0.25) is 0 Å². The van der Waals surface area contributed by atoms with Crippen molar-refractivity contribution < 1.29 is 37.6 Å². The van der Waals surface area contributed by atoms with Gasteiger partial charge in [0.25, 0.3) is 7.73 Å². The lowest BCUT2D eigenvalue weighted by atomic mass is 9.84. The molecule has 2 aromatic carbocycles. The first-order valence-corrected chi connectivity index (χ1v) is 19.0. The monoisotopic (exact) mass is 724 g/mol. The number of nitrogens with zero attached hydrogens (tertiary/aromatic N) is 4. The van der Waals surface area contributed by atoms with E-state index in [0.717, 1.165) is 24.0 Å². The minimum atomic E-state index is -1.79. The summed E-state index contributed by atoms with van der Waals surface area (Å²) in [6, 6.07) is 11.9. The van der Waals surface area contributed by atoms with Gasteiger partial charge < -0.3 is 37.8 Å². The van der Waals surface area contributed by atoms with Crippen molar-refractivity contribution in [1.29, 1.82) is 5.26 Å². The quantitative estimate of drug-likeness (QED) is 0.133. The van der Waals surface area contributed by atoms with Gasteiger partial charge >= 0.3 is 0 Å². The van der Waals surface area contributed by atoms with E-state index >= 15 is 0 Å². The number of likely N-dealkylation sites (tertiary alicyclic amines) is 2. The van der Waals surface area contributed by atoms with Crippen molar-refractivity contribution in [1.82, 2.24) is 9.80 Å². The van der Waals surface area contributed by atoms with E-state index in [1.54, 1.807) is 36.4 Å². The Kier molecular flexibility index (Phi) is 10.9. The molecule has 4 heterocycles. The number of fused-ring (bicyclic) bond motifs is 2. The third-order valence-electron chi connectivity index (χ3n) is 9.63. The SMILES string of the molecule is [C-]#[N+]c1ccc2c(c1)[C@@H](N1CCCC1=O)[C@H](OCCOP(Cl)OCCO[C@H]1[C@H](N3CCCC3=O)c3cc(C#N)ccc3OC1(C)C)C(C)(C)O2. The highest BCUT2D eigenvalue weighted by atomic mass is 35.7. The standard InChI is InChI=1S/C36H42ClN4O8P/c1-35(2)33(31(40-14-6-8-29(40)42)25-20-23(22-38)10-12-27(25)48-35)44-16-18-46-50(37)47-19-17-45-34-32(41-15-7-9-30(41)43)26-21-24(39-5)11-13-28(26)49-36(34,3)4/h10-13,20-21,31-34H,6-9,14-19H2,1-4H3/t31-,32-,33+,34+,50?/m1/s1. The normalized spacial score (nSPS) is 25.6. The molecule has 2 aromatic rings. The molecule has 0 aliphatic carbocycles. The Bertz CT molecular complexity index is 1570. The molecule has 2 fully saturated rings. The number of rotatable bonds is 12. The van der Waals surface area contributed by atoms with Crippen molar-refractivity contribution >= 4 is 36.5 Å². The number of carbonyl (C=O) groups excluding carboxylic acids is 2. The summed E-state index contributed by atoms with van der Waals surface area (Å²) in [5.41, 5.74) is 0.922. The number of benzene rings is 2. The second-order valence-corrected chi connectivity index (χ2v) is 15.6. The van der Waals surface area contributed by atoms with Gasteiger partial charge in [0.2, 0.25) is 11.8 Å². The minimum Gasteiger partial charge on any atom is -0.485 e. The summed E-state index contributed by atoms with van der Waals surface area (Å²) in [4.78, 5) is 33.1. The van der Waals surface area contributed by atoms with E-state index in [4.69, 9.17) is 45.8 Å². The lowest BCUT2D eigenvalue weighted by Crippen LogP contribution is -2.55. The van der Waals surface area contributed by atoms with Crippen LogP contribution >= 0.6 is 19.0 Å². The van der Waals surface area contributed by atoms with E-state index in [0.29, 0.717) is 48.7 Å². The molecule has 5 atom stereocenters. The maximum atomic E-state index is 12.9. The molecule has 50 heavy (non-hydrogen) atoms. The molecule has 4 aliphatic heterocycles. The van der Waals surface area contributed by atoms with Crippen molar-refractivity contribution in [3.8, 4) is 17.6 Å². The van der Waals surface area contributed by atoms with E-state index < -0.39 is 43.2 Å². The predicted molar refractivity (Wildman–Crippen MR) is 185 cm³/mol. The molecule has 0 bridgehead atoms. The van der Waals surface area contributed by atoms with E-state index in [-0.39, 0.29) is 38.2 Å². The zero-order chi connectivity index (χ0) is 35.6. The third kappa shape index (κ3) is 7.43. The molecule has 0 N–H and O–H groups in total. The minimum absolute atomic E-state index is 0.0459. The van der Waals surface area contributed by atoms with Crippen LogP contribution < -0.4 is 9.47 Å². The maximum Gasteiger partial charge on any atom is 0.276 e. The van der Waals surface area contributed by atoms with Crippen molar-refractivity contribution in [3.63, 3.8) is 0 Å². The summed E-state index contributed by atoms with van der Waals surface area (Å²) >= 11 is 6.43. The molecule has 0 radical (unpaired) electrons. The zero-order valence-electron chi connectivity index (χ0n) is 28.7. The molecule has 0 aromatic heterocycles. The predicted octanol–water partition coefficient (Wildman–Crippen LogP) is 6.75. The molecule has 0 saturated carbocycles. The highest BCUT2D eigenvalue weighted by Gasteiger charge is 2.50. The molecule has 6 rings (SSSR count). The zero-order valence-corrected chi connectivity index (χ0v) is 30.4. The number of amides is 2. The highest BCUT2D eigenvalue weighted by molar-refractivity contribution is 7.76. The molecule has 1 unspecified atom stereocenters. The van der Waals surface area contributed by atoms with Gasteiger partial charge in [-0.3, -0.25) is 9.59 Å². The fourth-order valence-corrected chi connectivity index (χ4v) is 8.34. The molecule has 4 aliphatic rings. The Labute approximate surface area is 299 Å². The Morgan fingerprint density at radius 1 is 0.860 bits per heavy atom. The van der Waals surface area contributed by atoms with Crippen LogP contribution in [0.15, 0.2) is 36.4 Å². The van der Waals surface area contributed by atoms with Crippen LogP contribution in [0.1, 0.15) is 82.2 Å². The summed E-state index contributed by atoms with van der Waals surface area (Å²) in [5.74, 6) is 1.37. The van der Waals surface area contributed by atoms with Crippen molar-refractivity contribution in [2.45, 2.75) is 88.9 Å². The Morgan fingerprint density at radius 2 is 1.36 bits per heavy atom. The number of hydrogen-bond acceptors (Lipinski definition) is 9. The van der Waals surface area contributed by atoms with Crippen LogP contribution in [-0.4, -0.2) is 84.5 Å². The summed E-state index contributed by atoms with van der Waals surface area (Å²) in [6.07, 6.45) is 1.41. The van der Waals surface area contributed by atoms with Gasteiger partial charge in [-0.2, -0.15) is 5.26 Å². The molecule has 14 heteroatoms. The highest BCUT2D eigenvalue weighted by Crippen LogP contribution is 2.49. The van der Waals surface area contributed by atoms with Crippen molar-refractivity contribution in [3.05, 3.63) is 64.5 Å². The van der Waals surface area contributed by atoms with Crippen LogP contribution in [-0.2, 0) is 28.1 Å². The molecule has 2 saturated heterocycles.